The summed E-state index contributed by atoms with van der Waals surface area (Å²) in [5.41, 5.74) is 0. The Morgan fingerprint density at radius 1 is 0.818 bits per heavy atom. The van der Waals surface area contributed by atoms with E-state index in [4.69, 9.17) is 0 Å². The molecule has 2 aliphatic carbocycles. The zero-order valence-electron chi connectivity index (χ0n) is 7.68. The highest BCUT2D eigenvalue weighted by Crippen LogP contribution is 2.42. The van der Waals surface area contributed by atoms with Crippen LogP contribution in [0.25, 0.3) is 0 Å². The standard InChI is InChI=1S/C11H20/c1-9-6-7-10-4-2-3-5-11(10)8-9/h9-11H,2-8H2,1H3/t9-,10?,11-/m0/s1. The SMILES string of the molecule is C[C@H]1CCC2CCCC[C@H]2C1. The second-order valence-corrected chi connectivity index (χ2v) is 4.72. The van der Waals surface area contributed by atoms with E-state index in [9.17, 15) is 0 Å². The maximum absolute atomic E-state index is 2.44. The van der Waals surface area contributed by atoms with Gasteiger partial charge < -0.3 is 0 Å². The van der Waals surface area contributed by atoms with E-state index >= 15 is 0 Å². The van der Waals surface area contributed by atoms with Crippen LogP contribution in [0, 0.1) is 17.8 Å². The molecule has 0 N–H and O–H groups in total. The molecule has 2 aliphatic rings. The molecule has 1 unspecified atom stereocenters. The van der Waals surface area contributed by atoms with Crippen molar-refractivity contribution in [1.29, 1.82) is 0 Å². The van der Waals surface area contributed by atoms with Gasteiger partial charge in [0.05, 0.1) is 0 Å². The first-order chi connectivity index (χ1) is 5.36. The molecule has 0 radical (unpaired) electrons. The van der Waals surface area contributed by atoms with Crippen LogP contribution < -0.4 is 0 Å². The van der Waals surface area contributed by atoms with Gasteiger partial charge in [-0.25, -0.2) is 0 Å². The lowest BCUT2D eigenvalue weighted by Gasteiger charge is -2.38. The zero-order chi connectivity index (χ0) is 7.68. The van der Waals surface area contributed by atoms with Crippen LogP contribution in [0.2, 0.25) is 0 Å². The molecule has 0 nitrogen and oxygen atoms in total. The Bertz CT molecular complexity index is 128. The molecule has 0 heterocycles. The Labute approximate surface area is 70.4 Å². The first-order valence-electron chi connectivity index (χ1n) is 5.36. The second kappa shape index (κ2) is 3.16. The molecule has 0 amide bonds. The van der Waals surface area contributed by atoms with E-state index in [1.165, 1.54) is 19.3 Å². The van der Waals surface area contributed by atoms with Crippen molar-refractivity contribution in [3.05, 3.63) is 0 Å². The molecular weight excluding hydrogens is 132 g/mol. The minimum Gasteiger partial charge on any atom is -0.0625 e. The second-order valence-electron chi connectivity index (χ2n) is 4.72. The Kier molecular flexibility index (Phi) is 2.20. The summed E-state index contributed by atoms with van der Waals surface area (Å²) in [6.45, 7) is 2.44. The van der Waals surface area contributed by atoms with Crippen LogP contribution in [0.15, 0.2) is 0 Å². The largest absolute Gasteiger partial charge is 0.0625 e. The number of fused-ring (bicyclic) bond motifs is 1. The van der Waals surface area contributed by atoms with E-state index < -0.39 is 0 Å². The minimum atomic E-state index is 1.04. The molecule has 3 atom stereocenters. The molecule has 2 rings (SSSR count). The van der Waals surface area contributed by atoms with Crippen LogP contribution >= 0.6 is 0 Å². The van der Waals surface area contributed by atoms with Gasteiger partial charge >= 0.3 is 0 Å². The van der Waals surface area contributed by atoms with Crippen molar-refractivity contribution in [2.24, 2.45) is 17.8 Å². The van der Waals surface area contributed by atoms with Crippen LogP contribution in [0.4, 0.5) is 0 Å². The summed E-state index contributed by atoms with van der Waals surface area (Å²) in [6.07, 6.45) is 10.8. The van der Waals surface area contributed by atoms with Crippen molar-refractivity contribution in [1.82, 2.24) is 0 Å². The van der Waals surface area contributed by atoms with Crippen LogP contribution in [0.1, 0.15) is 51.9 Å². The normalized spacial score (nSPS) is 45.0. The number of hydrogen-bond acceptors (Lipinski definition) is 0. The van der Waals surface area contributed by atoms with E-state index in [0.29, 0.717) is 0 Å². The summed E-state index contributed by atoms with van der Waals surface area (Å²) in [6, 6.07) is 0. The lowest BCUT2D eigenvalue weighted by molar-refractivity contribution is 0.137. The molecule has 0 bridgehead atoms. The van der Waals surface area contributed by atoms with Gasteiger partial charge in [-0.1, -0.05) is 39.0 Å². The average molecular weight is 152 g/mol. The first kappa shape index (κ1) is 7.64. The molecule has 0 heteroatoms. The lowest BCUT2D eigenvalue weighted by atomic mass is 9.68. The average Bonchev–Trinajstić information content (AvgIpc) is 2.04. The molecule has 0 aliphatic heterocycles. The van der Waals surface area contributed by atoms with Gasteiger partial charge in [0.15, 0.2) is 0 Å². The lowest BCUT2D eigenvalue weighted by Crippen LogP contribution is -2.26. The highest BCUT2D eigenvalue weighted by atomic mass is 14.4. The fourth-order valence-electron chi connectivity index (χ4n) is 3.11. The van der Waals surface area contributed by atoms with Gasteiger partial charge in [-0.05, 0) is 30.6 Å². The molecule has 0 spiro atoms. The Hall–Kier alpha value is 0. The highest BCUT2D eigenvalue weighted by Gasteiger charge is 2.29. The molecule has 0 aromatic rings. The molecular formula is C11H20. The monoisotopic (exact) mass is 152 g/mol. The third-order valence-electron chi connectivity index (χ3n) is 3.80. The van der Waals surface area contributed by atoms with Crippen molar-refractivity contribution in [2.75, 3.05) is 0 Å². The summed E-state index contributed by atoms with van der Waals surface area (Å²) >= 11 is 0. The first-order valence-corrected chi connectivity index (χ1v) is 5.36. The van der Waals surface area contributed by atoms with Gasteiger partial charge in [0.1, 0.15) is 0 Å². The molecule has 2 saturated carbocycles. The topological polar surface area (TPSA) is 0 Å². The summed E-state index contributed by atoms with van der Waals surface area (Å²) in [4.78, 5) is 0. The number of hydrogen-bond donors (Lipinski definition) is 0. The predicted octanol–water partition coefficient (Wildman–Crippen LogP) is 3.61. The van der Waals surface area contributed by atoms with E-state index in [1.54, 1.807) is 25.7 Å². The van der Waals surface area contributed by atoms with Crippen molar-refractivity contribution in [3.8, 4) is 0 Å². The van der Waals surface area contributed by atoms with Gasteiger partial charge in [-0.2, -0.15) is 0 Å². The van der Waals surface area contributed by atoms with Crippen LogP contribution in [0.5, 0.6) is 0 Å². The van der Waals surface area contributed by atoms with E-state index in [2.05, 4.69) is 6.92 Å². The minimum absolute atomic E-state index is 1.04. The third-order valence-corrected chi connectivity index (χ3v) is 3.80. The van der Waals surface area contributed by atoms with Gasteiger partial charge in [-0.3, -0.25) is 0 Å². The molecule has 0 aromatic carbocycles. The van der Waals surface area contributed by atoms with Crippen molar-refractivity contribution >= 4 is 0 Å². The summed E-state index contributed by atoms with van der Waals surface area (Å²) in [7, 11) is 0. The smallest absolute Gasteiger partial charge is 0.0383 e. The van der Waals surface area contributed by atoms with Gasteiger partial charge in [0, 0.05) is 0 Å². The van der Waals surface area contributed by atoms with Crippen LogP contribution in [-0.4, -0.2) is 0 Å². The van der Waals surface area contributed by atoms with Gasteiger partial charge in [0.25, 0.3) is 0 Å². The summed E-state index contributed by atoms with van der Waals surface area (Å²) in [5.74, 6) is 3.31. The van der Waals surface area contributed by atoms with E-state index in [0.717, 1.165) is 17.8 Å². The third kappa shape index (κ3) is 1.60. The number of rotatable bonds is 0. The molecule has 64 valence electrons. The zero-order valence-corrected chi connectivity index (χ0v) is 7.68. The molecule has 11 heavy (non-hydrogen) atoms. The van der Waals surface area contributed by atoms with Gasteiger partial charge in [0.2, 0.25) is 0 Å². The quantitative estimate of drug-likeness (QED) is 0.497. The molecule has 0 aromatic heterocycles. The van der Waals surface area contributed by atoms with E-state index in [1.807, 2.05) is 0 Å². The maximum Gasteiger partial charge on any atom is -0.0383 e. The fourth-order valence-corrected chi connectivity index (χ4v) is 3.11. The van der Waals surface area contributed by atoms with Gasteiger partial charge in [-0.15, -0.1) is 0 Å². The summed E-state index contributed by atoms with van der Waals surface area (Å²) in [5, 5.41) is 0. The van der Waals surface area contributed by atoms with Crippen molar-refractivity contribution < 1.29 is 0 Å². The Balaban J connectivity index is 1.93. The molecule has 0 saturated heterocycles. The van der Waals surface area contributed by atoms with Crippen molar-refractivity contribution in [2.45, 2.75) is 51.9 Å². The Morgan fingerprint density at radius 2 is 1.55 bits per heavy atom. The summed E-state index contributed by atoms with van der Waals surface area (Å²) < 4.78 is 0. The highest BCUT2D eigenvalue weighted by molar-refractivity contribution is 4.81. The molecule has 2 fully saturated rings. The Morgan fingerprint density at radius 3 is 2.36 bits per heavy atom. The van der Waals surface area contributed by atoms with Crippen molar-refractivity contribution in [3.63, 3.8) is 0 Å². The van der Waals surface area contributed by atoms with E-state index in [-0.39, 0.29) is 0 Å². The fraction of sp³-hybridized carbons (Fsp3) is 1.00. The van der Waals surface area contributed by atoms with Crippen LogP contribution in [0.3, 0.4) is 0 Å². The predicted molar refractivity (Wildman–Crippen MR) is 48.5 cm³/mol. The van der Waals surface area contributed by atoms with Crippen LogP contribution in [-0.2, 0) is 0 Å². The maximum atomic E-state index is 2.44.